The summed E-state index contributed by atoms with van der Waals surface area (Å²) < 4.78 is 27.8. The minimum Gasteiger partial charge on any atom is -0.399 e. The predicted molar refractivity (Wildman–Crippen MR) is 85.4 cm³/mol. The number of anilines is 1. The first-order valence-corrected chi connectivity index (χ1v) is 9.44. The Balaban J connectivity index is 2.25. The number of sulfonamides is 1. The number of nitrogen functional groups attached to an aromatic ring is 1. The van der Waals surface area contributed by atoms with Gasteiger partial charge in [0, 0.05) is 17.0 Å². The van der Waals surface area contributed by atoms with E-state index in [0.29, 0.717) is 10.9 Å². The second-order valence-corrected chi connectivity index (χ2v) is 8.22. The van der Waals surface area contributed by atoms with Gasteiger partial charge in [0.25, 0.3) is 0 Å². The van der Waals surface area contributed by atoms with Crippen molar-refractivity contribution in [3.05, 3.63) is 23.8 Å². The van der Waals surface area contributed by atoms with Gasteiger partial charge in [0.15, 0.2) is 0 Å². The topological polar surface area (TPSA) is 96.0 Å². The number of nitrogens with two attached hydrogens (primary N) is 1. The molecule has 1 saturated carbocycles. The smallest absolute Gasteiger partial charge is 0.242 e. The van der Waals surface area contributed by atoms with E-state index in [9.17, 15) is 8.42 Å². The van der Waals surface area contributed by atoms with Crippen molar-refractivity contribution in [1.29, 1.82) is 5.26 Å². The van der Waals surface area contributed by atoms with E-state index in [-0.39, 0.29) is 16.5 Å². The number of thioether (sulfide) groups is 1. The van der Waals surface area contributed by atoms with Crippen LogP contribution in [0.1, 0.15) is 31.7 Å². The van der Waals surface area contributed by atoms with Gasteiger partial charge in [-0.3, -0.25) is 0 Å². The molecule has 21 heavy (non-hydrogen) atoms. The zero-order valence-corrected chi connectivity index (χ0v) is 13.5. The summed E-state index contributed by atoms with van der Waals surface area (Å²) >= 11 is 1.78. The van der Waals surface area contributed by atoms with Crippen LogP contribution < -0.4 is 10.5 Å². The van der Waals surface area contributed by atoms with Crippen LogP contribution in [0.5, 0.6) is 0 Å². The number of rotatable bonds is 5. The van der Waals surface area contributed by atoms with E-state index in [4.69, 9.17) is 11.0 Å². The summed E-state index contributed by atoms with van der Waals surface area (Å²) in [6.07, 6.45) is 2.89. The van der Waals surface area contributed by atoms with Crippen LogP contribution in [-0.4, -0.2) is 25.5 Å². The Labute approximate surface area is 130 Å². The van der Waals surface area contributed by atoms with Crippen LogP contribution in [0, 0.1) is 11.3 Å². The number of nitriles is 1. The van der Waals surface area contributed by atoms with Gasteiger partial charge in [0.1, 0.15) is 6.07 Å². The van der Waals surface area contributed by atoms with E-state index in [1.807, 2.05) is 6.07 Å². The minimum atomic E-state index is -3.70. The summed E-state index contributed by atoms with van der Waals surface area (Å²) in [6, 6.07) is 6.12. The van der Waals surface area contributed by atoms with Crippen LogP contribution in [0.2, 0.25) is 0 Å². The molecule has 0 spiro atoms. The van der Waals surface area contributed by atoms with Crippen molar-refractivity contribution in [2.24, 2.45) is 0 Å². The summed E-state index contributed by atoms with van der Waals surface area (Å²) in [5.74, 6) is 0.966. The summed E-state index contributed by atoms with van der Waals surface area (Å²) in [6.45, 7) is 2.07. The van der Waals surface area contributed by atoms with Crippen molar-refractivity contribution < 1.29 is 8.42 Å². The fourth-order valence-electron chi connectivity index (χ4n) is 2.61. The molecule has 0 amide bonds. The van der Waals surface area contributed by atoms with Gasteiger partial charge in [0.2, 0.25) is 10.0 Å². The average Bonchev–Trinajstić information content (AvgIpc) is 2.85. The van der Waals surface area contributed by atoms with Gasteiger partial charge in [0.05, 0.1) is 10.5 Å². The van der Waals surface area contributed by atoms with Gasteiger partial charge >= 0.3 is 0 Å². The quantitative estimate of drug-likeness (QED) is 0.808. The maximum Gasteiger partial charge on any atom is 0.242 e. The summed E-state index contributed by atoms with van der Waals surface area (Å²) in [7, 11) is -3.70. The summed E-state index contributed by atoms with van der Waals surface area (Å²) in [4.78, 5) is 0.00588. The van der Waals surface area contributed by atoms with Gasteiger partial charge in [-0.15, -0.1) is 0 Å². The summed E-state index contributed by atoms with van der Waals surface area (Å²) in [5, 5.41) is 9.41. The lowest BCUT2D eigenvalue weighted by Crippen LogP contribution is -2.39. The molecule has 2 unspecified atom stereocenters. The lowest BCUT2D eigenvalue weighted by atomic mass is 10.2. The first-order valence-electron chi connectivity index (χ1n) is 6.91. The van der Waals surface area contributed by atoms with Gasteiger partial charge in [-0.05, 0) is 36.8 Å². The molecule has 3 N–H and O–H groups in total. The molecule has 1 fully saturated rings. The highest BCUT2D eigenvalue weighted by Crippen LogP contribution is 2.31. The van der Waals surface area contributed by atoms with Crippen molar-refractivity contribution in [2.45, 2.75) is 42.4 Å². The molecule has 2 rings (SSSR count). The first kappa shape index (κ1) is 16.1. The third kappa shape index (κ3) is 3.70. The second kappa shape index (κ2) is 6.69. The van der Waals surface area contributed by atoms with Crippen molar-refractivity contribution >= 4 is 27.5 Å². The second-order valence-electron chi connectivity index (χ2n) is 5.02. The van der Waals surface area contributed by atoms with Gasteiger partial charge in [-0.25, -0.2) is 13.1 Å². The number of benzene rings is 1. The molecule has 2 atom stereocenters. The molecule has 0 aromatic heterocycles. The molecule has 0 heterocycles. The van der Waals surface area contributed by atoms with Crippen molar-refractivity contribution in [1.82, 2.24) is 4.72 Å². The monoisotopic (exact) mass is 325 g/mol. The third-order valence-electron chi connectivity index (χ3n) is 3.55. The van der Waals surface area contributed by atoms with Crippen LogP contribution in [0.4, 0.5) is 5.69 Å². The van der Waals surface area contributed by atoms with Crippen LogP contribution in [0.25, 0.3) is 0 Å². The van der Waals surface area contributed by atoms with Gasteiger partial charge < -0.3 is 5.73 Å². The van der Waals surface area contributed by atoms with E-state index in [2.05, 4.69) is 11.6 Å². The van der Waals surface area contributed by atoms with Crippen LogP contribution >= 0.6 is 11.8 Å². The van der Waals surface area contributed by atoms with Crippen LogP contribution in [0.3, 0.4) is 0 Å². The van der Waals surface area contributed by atoms with Crippen LogP contribution in [0.15, 0.2) is 23.1 Å². The number of nitrogens with zero attached hydrogens (tertiary/aromatic N) is 1. The maximum absolute atomic E-state index is 12.5. The summed E-state index contributed by atoms with van der Waals surface area (Å²) in [5.41, 5.74) is 6.07. The fraction of sp³-hybridized carbons (Fsp3) is 0.500. The number of nitrogens with one attached hydrogen (secondary N) is 1. The zero-order valence-electron chi connectivity index (χ0n) is 11.9. The Bertz CT molecular complexity index is 653. The predicted octanol–water partition coefficient (Wildman–Crippen LogP) is 2.09. The molecule has 114 valence electrons. The number of hydrogen-bond acceptors (Lipinski definition) is 5. The molecule has 7 heteroatoms. The lowest BCUT2D eigenvalue weighted by molar-refractivity contribution is 0.555. The molecule has 5 nitrogen and oxygen atoms in total. The Kier molecular flexibility index (Phi) is 5.14. The van der Waals surface area contributed by atoms with Crippen LogP contribution in [-0.2, 0) is 10.0 Å². The normalized spacial score (nSPS) is 22.1. The van der Waals surface area contributed by atoms with E-state index < -0.39 is 10.0 Å². The average molecular weight is 325 g/mol. The van der Waals surface area contributed by atoms with E-state index in [1.54, 1.807) is 11.8 Å². The molecule has 0 saturated heterocycles. The highest BCUT2D eigenvalue weighted by molar-refractivity contribution is 8.00. The first-order chi connectivity index (χ1) is 9.97. The fourth-order valence-corrected chi connectivity index (χ4v) is 5.34. The molecule has 0 radical (unpaired) electrons. The molecule has 0 aliphatic heterocycles. The molecule has 1 aromatic rings. The van der Waals surface area contributed by atoms with Crippen molar-refractivity contribution in [2.75, 3.05) is 11.5 Å². The molecular formula is C14H19N3O2S2. The van der Waals surface area contributed by atoms with Crippen molar-refractivity contribution in [3.8, 4) is 6.07 Å². The minimum absolute atomic E-state index is 0.00588. The standard InChI is InChI=1S/C14H19N3O2S2/c1-2-20-13-5-3-4-12(13)17-21(18,19)14-7-6-11(16)8-10(14)9-15/h6-8,12-13,17H,2-5,16H2,1H3. The SMILES string of the molecule is CCSC1CCCC1NS(=O)(=O)c1ccc(N)cc1C#N. The largest absolute Gasteiger partial charge is 0.399 e. The molecule has 1 aliphatic rings. The zero-order chi connectivity index (χ0) is 15.5. The Hall–Kier alpha value is -1.23. The molecular weight excluding hydrogens is 306 g/mol. The van der Waals surface area contributed by atoms with E-state index >= 15 is 0 Å². The highest BCUT2D eigenvalue weighted by Gasteiger charge is 2.32. The number of hydrogen-bond donors (Lipinski definition) is 2. The van der Waals surface area contributed by atoms with E-state index in [1.165, 1.54) is 18.2 Å². The van der Waals surface area contributed by atoms with Gasteiger partial charge in [-0.2, -0.15) is 17.0 Å². The van der Waals surface area contributed by atoms with Gasteiger partial charge in [-0.1, -0.05) is 13.3 Å². The van der Waals surface area contributed by atoms with Crippen molar-refractivity contribution in [3.63, 3.8) is 0 Å². The molecule has 0 bridgehead atoms. The molecule has 1 aliphatic carbocycles. The Morgan fingerprint density at radius 3 is 2.90 bits per heavy atom. The lowest BCUT2D eigenvalue weighted by Gasteiger charge is -2.20. The molecule has 1 aromatic carbocycles. The van der Waals surface area contributed by atoms with E-state index in [0.717, 1.165) is 25.0 Å². The maximum atomic E-state index is 12.5. The Morgan fingerprint density at radius 2 is 2.24 bits per heavy atom. The third-order valence-corrected chi connectivity index (χ3v) is 6.43. The highest BCUT2D eigenvalue weighted by atomic mass is 32.2. The Morgan fingerprint density at radius 1 is 1.48 bits per heavy atom.